The fourth-order valence-corrected chi connectivity index (χ4v) is 2.46. The van der Waals surface area contributed by atoms with Gasteiger partial charge in [0.05, 0.1) is 19.9 Å². The normalized spacial score (nSPS) is 16.9. The van der Waals surface area contributed by atoms with E-state index in [1.165, 1.54) is 5.54 Å². The van der Waals surface area contributed by atoms with E-state index < -0.39 is 0 Å². The van der Waals surface area contributed by atoms with Gasteiger partial charge in [-0.25, -0.2) is 0 Å². The fourth-order valence-electron chi connectivity index (χ4n) is 1.95. The van der Waals surface area contributed by atoms with Crippen LogP contribution in [0.25, 0.3) is 5.70 Å². The van der Waals surface area contributed by atoms with E-state index in [-0.39, 0.29) is 0 Å². The molecular weight excluding hydrogens is 261 g/mol. The molecule has 0 saturated carbocycles. The van der Waals surface area contributed by atoms with Crippen LogP contribution < -0.4 is 9.47 Å². The molecule has 0 aliphatic carbocycles. The first-order valence-corrected chi connectivity index (χ1v) is 5.97. The Morgan fingerprint density at radius 1 is 1.24 bits per heavy atom. The van der Waals surface area contributed by atoms with Crippen molar-refractivity contribution in [1.82, 2.24) is 4.42 Å². The number of methoxy groups -OCH3 is 2. The zero-order chi connectivity index (χ0) is 12.4. The number of hydrogen-bond acceptors (Lipinski definition) is 3. The van der Waals surface area contributed by atoms with Crippen molar-refractivity contribution in [3.8, 4) is 11.5 Å². The van der Waals surface area contributed by atoms with Crippen LogP contribution in [0.2, 0.25) is 0 Å². The lowest BCUT2D eigenvalue weighted by Gasteiger charge is -2.27. The van der Waals surface area contributed by atoms with Gasteiger partial charge in [-0.1, -0.05) is 11.6 Å². The molecule has 0 fully saturated rings. The molecule has 0 radical (unpaired) electrons. The van der Waals surface area contributed by atoms with E-state index >= 15 is 0 Å². The van der Waals surface area contributed by atoms with Crippen LogP contribution in [0.5, 0.6) is 11.5 Å². The van der Waals surface area contributed by atoms with Crippen LogP contribution in [-0.4, -0.2) is 25.2 Å². The van der Waals surface area contributed by atoms with E-state index in [1.54, 1.807) is 18.6 Å². The first-order valence-electron chi connectivity index (χ1n) is 5.20. The molecule has 0 amide bonds. The predicted octanol–water partition coefficient (Wildman–Crippen LogP) is 3.25. The Labute approximate surface area is 111 Å². The van der Waals surface area contributed by atoms with Crippen LogP contribution in [0, 0.1) is 0 Å². The largest absolute Gasteiger partial charge is 0.493 e. The van der Waals surface area contributed by atoms with Gasteiger partial charge in [0.15, 0.2) is 11.5 Å². The van der Waals surface area contributed by atoms with E-state index in [2.05, 4.69) is 0 Å². The van der Waals surface area contributed by atoms with Gasteiger partial charge in [-0.15, -0.1) is 0 Å². The minimum atomic E-state index is 0.675. The van der Waals surface area contributed by atoms with Crippen LogP contribution >= 0.6 is 23.4 Å². The first-order chi connectivity index (χ1) is 8.21. The number of nitrogens with zero attached hydrogens (tertiary/aromatic N) is 1. The Kier molecular flexibility index (Phi) is 3.69. The fraction of sp³-hybridized carbons (Fsp3) is 0.333. The summed E-state index contributed by atoms with van der Waals surface area (Å²) in [6, 6.07) is 3.87. The Bertz CT molecular complexity index is 460. The van der Waals surface area contributed by atoms with Gasteiger partial charge in [0.2, 0.25) is 0 Å². The molecule has 1 aliphatic heterocycles. The maximum absolute atomic E-state index is 6.09. The van der Waals surface area contributed by atoms with Gasteiger partial charge < -0.3 is 9.47 Å². The molecule has 0 atom stereocenters. The molecule has 92 valence electrons. The van der Waals surface area contributed by atoms with Gasteiger partial charge in [-0.3, -0.25) is 4.42 Å². The van der Waals surface area contributed by atoms with Crippen molar-refractivity contribution in [2.24, 2.45) is 0 Å². The molecule has 2 rings (SSSR count). The van der Waals surface area contributed by atoms with Crippen LogP contribution in [0.3, 0.4) is 0 Å². The van der Waals surface area contributed by atoms with Gasteiger partial charge in [0.1, 0.15) is 0 Å². The highest BCUT2D eigenvalue weighted by Crippen LogP contribution is 2.38. The average molecular weight is 274 g/mol. The molecule has 1 aliphatic rings. The summed E-state index contributed by atoms with van der Waals surface area (Å²) in [5.41, 5.74) is 4.41. The Morgan fingerprint density at radius 3 is 2.47 bits per heavy atom. The lowest BCUT2D eigenvalue weighted by Crippen LogP contribution is -2.21. The molecule has 5 heteroatoms. The maximum atomic E-state index is 6.09. The van der Waals surface area contributed by atoms with Crippen molar-refractivity contribution < 1.29 is 9.47 Å². The topological polar surface area (TPSA) is 21.7 Å². The van der Waals surface area contributed by atoms with Crippen molar-refractivity contribution in [2.75, 3.05) is 20.8 Å². The zero-order valence-electron chi connectivity index (χ0n) is 9.67. The lowest BCUT2D eigenvalue weighted by atomic mass is 9.98. The van der Waals surface area contributed by atoms with E-state index in [1.807, 2.05) is 12.1 Å². The summed E-state index contributed by atoms with van der Waals surface area (Å²) in [6.07, 6.45) is 0.855. The Morgan fingerprint density at radius 2 is 1.88 bits per heavy atom. The zero-order valence-corrected chi connectivity index (χ0v) is 11.2. The van der Waals surface area contributed by atoms with Crippen molar-refractivity contribution >= 4 is 29.1 Å². The SMILES string of the molecule is COc1cc2c(cc1OC)/C(=C/Cl)N(Cl)CC2. The van der Waals surface area contributed by atoms with Crippen LogP contribution in [0.4, 0.5) is 0 Å². The molecule has 0 unspecified atom stereocenters. The van der Waals surface area contributed by atoms with Crippen molar-refractivity contribution in [1.29, 1.82) is 0 Å². The number of ether oxygens (including phenoxy) is 2. The highest BCUT2D eigenvalue weighted by atomic mass is 35.5. The first kappa shape index (κ1) is 12.4. The minimum Gasteiger partial charge on any atom is -0.493 e. The summed E-state index contributed by atoms with van der Waals surface area (Å²) >= 11 is 11.9. The Balaban J connectivity index is 2.56. The smallest absolute Gasteiger partial charge is 0.161 e. The molecule has 0 spiro atoms. The third-order valence-electron chi connectivity index (χ3n) is 2.83. The number of halogens is 2. The molecule has 1 heterocycles. The number of fused-ring (bicyclic) bond motifs is 1. The van der Waals surface area contributed by atoms with Gasteiger partial charge >= 0.3 is 0 Å². The number of hydrogen-bond donors (Lipinski definition) is 0. The van der Waals surface area contributed by atoms with Gasteiger partial charge in [0.25, 0.3) is 0 Å². The molecule has 1 aromatic carbocycles. The number of benzene rings is 1. The second-order valence-corrected chi connectivity index (χ2v) is 4.32. The summed E-state index contributed by atoms with van der Waals surface area (Å²) in [5, 5.41) is 0. The van der Waals surface area contributed by atoms with E-state index in [0.717, 1.165) is 35.5 Å². The molecule has 17 heavy (non-hydrogen) atoms. The second-order valence-electron chi connectivity index (χ2n) is 3.69. The van der Waals surface area contributed by atoms with E-state index in [9.17, 15) is 0 Å². The third-order valence-corrected chi connectivity index (χ3v) is 3.39. The van der Waals surface area contributed by atoms with Crippen LogP contribution in [0.15, 0.2) is 17.7 Å². The molecule has 0 N–H and O–H groups in total. The van der Waals surface area contributed by atoms with Crippen molar-refractivity contribution in [3.63, 3.8) is 0 Å². The molecule has 1 aromatic rings. The molecule has 0 saturated heterocycles. The molecule has 3 nitrogen and oxygen atoms in total. The van der Waals surface area contributed by atoms with Gasteiger partial charge in [-0.05, 0) is 24.1 Å². The predicted molar refractivity (Wildman–Crippen MR) is 69.6 cm³/mol. The van der Waals surface area contributed by atoms with E-state index in [0.29, 0.717) is 5.75 Å². The maximum Gasteiger partial charge on any atom is 0.161 e. The highest BCUT2D eigenvalue weighted by Gasteiger charge is 2.22. The highest BCUT2D eigenvalue weighted by molar-refractivity contribution is 6.30. The summed E-state index contributed by atoms with van der Waals surface area (Å²) in [4.78, 5) is 0. The van der Waals surface area contributed by atoms with Gasteiger partial charge in [0, 0.05) is 29.4 Å². The summed E-state index contributed by atoms with van der Waals surface area (Å²) in [6.45, 7) is 0.725. The summed E-state index contributed by atoms with van der Waals surface area (Å²) in [7, 11) is 3.23. The Hall–Kier alpha value is -1.06. The van der Waals surface area contributed by atoms with Crippen molar-refractivity contribution in [2.45, 2.75) is 6.42 Å². The molecule has 0 bridgehead atoms. The quantitative estimate of drug-likeness (QED) is 0.773. The standard InChI is InChI=1S/C12H13Cl2NO2/c1-16-11-5-8-3-4-15(14)10(7-13)9(8)6-12(11)17-2/h5-7H,3-4H2,1-2H3/b10-7-. The lowest BCUT2D eigenvalue weighted by molar-refractivity contribution is 0.354. The van der Waals surface area contributed by atoms with Gasteiger partial charge in [-0.2, -0.15) is 0 Å². The molecule has 0 aromatic heterocycles. The minimum absolute atomic E-state index is 0.675. The average Bonchev–Trinajstić information content (AvgIpc) is 2.37. The second kappa shape index (κ2) is 5.07. The van der Waals surface area contributed by atoms with Crippen LogP contribution in [0.1, 0.15) is 11.1 Å². The van der Waals surface area contributed by atoms with E-state index in [4.69, 9.17) is 32.9 Å². The monoisotopic (exact) mass is 273 g/mol. The van der Waals surface area contributed by atoms with Crippen molar-refractivity contribution in [3.05, 3.63) is 28.8 Å². The third kappa shape index (κ3) is 2.17. The summed E-state index contributed by atoms with van der Waals surface area (Å²) < 4.78 is 12.2. The summed E-state index contributed by atoms with van der Waals surface area (Å²) in [5.74, 6) is 1.40. The molecular formula is C12H13Cl2NO2. The van der Waals surface area contributed by atoms with Crippen LogP contribution in [-0.2, 0) is 6.42 Å². The number of rotatable bonds is 2.